The summed E-state index contributed by atoms with van der Waals surface area (Å²) in [5.41, 5.74) is 9.99. The number of aliphatic hydroxyl groups is 1. The number of carbonyl (C=O) groups excluding carboxylic acids is 4. The summed E-state index contributed by atoms with van der Waals surface area (Å²) in [6.45, 7) is 3.14. The van der Waals surface area contributed by atoms with Gasteiger partial charge in [-0.3, -0.25) is 14.4 Å². The van der Waals surface area contributed by atoms with E-state index in [0.717, 1.165) is 6.92 Å². The van der Waals surface area contributed by atoms with Gasteiger partial charge in [-0.05, 0) is 19.1 Å². The van der Waals surface area contributed by atoms with Gasteiger partial charge in [0.25, 0.3) is 5.97 Å². The van der Waals surface area contributed by atoms with Crippen LogP contribution in [-0.4, -0.2) is 94.4 Å². The number of carboxylic acid groups (broad SMARTS) is 2. The average Bonchev–Trinajstić information content (AvgIpc) is 3.49. The summed E-state index contributed by atoms with van der Waals surface area (Å²) in [5.74, 6) is -2.02. The molecular formula is C33H86N6O9S. The zero-order valence-corrected chi connectivity index (χ0v) is 22.1. The number of carboxylic acids is 2. The summed E-state index contributed by atoms with van der Waals surface area (Å²) >= 11 is 0. The summed E-state index contributed by atoms with van der Waals surface area (Å²) in [6, 6.07) is 7.95. The lowest BCUT2D eigenvalue weighted by Crippen LogP contribution is -2.31. The first-order valence-corrected chi connectivity index (χ1v) is 10.3. The predicted octanol–water partition coefficient (Wildman–Crippen LogP) is 6.00. The molecule has 0 aliphatic carbocycles. The Morgan fingerprint density at radius 1 is 0.898 bits per heavy atom. The van der Waals surface area contributed by atoms with Crippen LogP contribution < -0.4 is 22.1 Å². The van der Waals surface area contributed by atoms with Gasteiger partial charge in [0.1, 0.15) is 12.6 Å². The molecule has 2 aromatic rings. The fourth-order valence-corrected chi connectivity index (χ4v) is 1.17. The van der Waals surface area contributed by atoms with Gasteiger partial charge in [0.15, 0.2) is 0 Å². The Labute approximate surface area is 311 Å². The van der Waals surface area contributed by atoms with Crippen LogP contribution in [0.1, 0.15) is 109 Å². The molecule has 0 bridgehead atoms. The van der Waals surface area contributed by atoms with Gasteiger partial charge in [0.05, 0.1) is 37.6 Å². The molecule has 2 rings (SSSR count). The summed E-state index contributed by atoms with van der Waals surface area (Å²) in [6.07, 6.45) is 6.85. The third-order valence-electron chi connectivity index (χ3n) is 2.66. The Bertz CT molecular complexity index is 809. The fourth-order valence-electron chi connectivity index (χ4n) is 1.17. The average molecular weight is 743 g/mol. The smallest absolute Gasteiger partial charge is 0.335 e. The minimum absolute atomic E-state index is 0. The van der Waals surface area contributed by atoms with Crippen LogP contribution in [0.3, 0.4) is 0 Å². The first-order chi connectivity index (χ1) is 17.6. The molecule has 0 radical (unpaired) electrons. The number of aromatic nitrogens is 2. The third kappa shape index (κ3) is 124. The zero-order valence-electron chi connectivity index (χ0n) is 21.1. The molecule has 1 atom stereocenters. The molecule has 0 spiro atoms. The maximum atomic E-state index is 10.2. The number of aliphatic carboxylic acids is 1. The van der Waals surface area contributed by atoms with E-state index in [1.807, 2.05) is 0 Å². The maximum Gasteiger partial charge on any atom is 0.335 e. The number of hydrogen-bond acceptors (Lipinski definition) is 10. The van der Waals surface area contributed by atoms with Crippen LogP contribution in [0.4, 0.5) is 0 Å². The summed E-state index contributed by atoms with van der Waals surface area (Å²) < 4.78 is 0. The van der Waals surface area contributed by atoms with E-state index in [0.29, 0.717) is 31.1 Å². The summed E-state index contributed by atoms with van der Waals surface area (Å²) in [7, 11) is 0. The second-order valence-electron chi connectivity index (χ2n) is 5.85. The van der Waals surface area contributed by atoms with Gasteiger partial charge in [-0.1, -0.05) is 99.9 Å². The molecule has 16 heteroatoms. The van der Waals surface area contributed by atoms with Gasteiger partial charge in [-0.2, -0.15) is 13.5 Å². The van der Waals surface area contributed by atoms with E-state index in [9.17, 15) is 24.0 Å². The van der Waals surface area contributed by atoms with Crippen molar-refractivity contribution in [3.63, 3.8) is 0 Å². The molecule has 10 N–H and O–H groups in total. The molecule has 1 unspecified atom stereocenters. The number of nitrogens with one attached hydrogen (secondary N) is 3. The summed E-state index contributed by atoms with van der Waals surface area (Å²) in [4.78, 5) is 64.5. The van der Waals surface area contributed by atoms with E-state index in [4.69, 9.17) is 31.6 Å². The quantitative estimate of drug-likeness (QED) is 0.145. The van der Waals surface area contributed by atoms with Crippen molar-refractivity contribution in [2.45, 2.75) is 102 Å². The van der Waals surface area contributed by atoms with Crippen molar-refractivity contribution in [3.05, 3.63) is 54.6 Å². The second-order valence-corrected chi connectivity index (χ2v) is 5.85. The highest BCUT2D eigenvalue weighted by Crippen LogP contribution is 1.96. The Morgan fingerprint density at radius 2 is 1.31 bits per heavy atom. The lowest BCUT2D eigenvalue weighted by Gasteiger charge is -1.95. The topological polar surface area (TPSA) is 268 Å². The lowest BCUT2D eigenvalue weighted by atomic mass is 10.2. The Kier molecular flexibility index (Phi) is 191. The standard InChI is InChI=1S/C7H6O2.C4H8N2O2.C4H7NO2.C3H4N2.C2H7NO.C2H4O2.11CH4.H2S.2H2/c8-7(9)6-4-2-1-3-5-6;5-3-4(8)6-1-2-7;1-4(2-6)5-3-7;1-2-5-3-4-1;3-1-2-4;1-2(3)4;;;;;;;;;;;;;;/h1-5H,(H,8,9);2H,1,3,5H2,(H,6,8);2-4H,1H3,(H,5,7);1-3H,(H,4,5);4H,1-3H2;1H3,(H,3,4);11*1H4;1H2;2*1H. The number of hydrogen-bond donors (Lipinski definition) is 8. The van der Waals surface area contributed by atoms with Crippen molar-refractivity contribution in [2.75, 3.05) is 26.2 Å². The van der Waals surface area contributed by atoms with Crippen molar-refractivity contribution in [1.29, 1.82) is 0 Å². The Morgan fingerprint density at radius 3 is 1.47 bits per heavy atom. The number of nitrogens with zero attached hydrogens (tertiary/aromatic N) is 1. The van der Waals surface area contributed by atoms with Crippen LogP contribution in [0.15, 0.2) is 49.1 Å². The van der Waals surface area contributed by atoms with Crippen LogP contribution in [0.2, 0.25) is 0 Å². The Hall–Kier alpha value is -4.12. The van der Waals surface area contributed by atoms with Crippen LogP contribution in [0.25, 0.3) is 0 Å². The molecule has 1 heterocycles. The second kappa shape index (κ2) is 90.4. The molecule has 0 fully saturated rings. The van der Waals surface area contributed by atoms with Crippen LogP contribution in [-0.2, 0) is 24.0 Å². The lowest BCUT2D eigenvalue weighted by molar-refractivity contribution is -0.134. The predicted molar refractivity (Wildman–Crippen MR) is 223 cm³/mol. The molecular weight excluding hydrogens is 656 g/mol. The van der Waals surface area contributed by atoms with E-state index in [1.165, 1.54) is 0 Å². The molecule has 0 saturated carbocycles. The largest absolute Gasteiger partial charge is 0.481 e. The molecule has 1 aromatic carbocycles. The van der Waals surface area contributed by atoms with Crippen molar-refractivity contribution in [3.8, 4) is 0 Å². The highest BCUT2D eigenvalue weighted by Gasteiger charge is 1.96. The SMILES string of the molecule is C.C.C.C.C.C.C.C.C.C.C.CC(=O)O.CC(C=O)NC=O.NCC(=O)NCC=O.NCCO.O=C(O)c1ccccc1.S.[HH].[HH].c1c[nH]cn1. The molecule has 0 aliphatic heterocycles. The number of nitrogens with two attached hydrogens (primary N) is 2. The van der Waals surface area contributed by atoms with E-state index in [2.05, 4.69) is 20.6 Å². The zero-order chi connectivity index (χ0) is 29.3. The maximum absolute atomic E-state index is 10.2. The van der Waals surface area contributed by atoms with Crippen molar-refractivity contribution >= 4 is 50.3 Å². The number of H-pyrrole nitrogens is 1. The number of carbonyl (C=O) groups is 6. The number of aromatic amines is 1. The fraction of sp³-hybridized carbons (Fsp3) is 0.545. The normalized spacial score (nSPS) is 6.63. The van der Waals surface area contributed by atoms with Gasteiger partial charge in [-0.25, -0.2) is 9.78 Å². The molecule has 0 saturated heterocycles. The van der Waals surface area contributed by atoms with Gasteiger partial charge < -0.3 is 52.0 Å². The first-order valence-electron chi connectivity index (χ1n) is 10.3. The van der Waals surface area contributed by atoms with Crippen molar-refractivity contribution in [1.82, 2.24) is 20.6 Å². The molecule has 1 aromatic heterocycles. The minimum atomic E-state index is -0.879. The highest BCUT2D eigenvalue weighted by molar-refractivity contribution is 7.59. The number of rotatable bonds is 8. The minimum Gasteiger partial charge on any atom is -0.481 e. The van der Waals surface area contributed by atoms with E-state index in [1.54, 1.807) is 56.0 Å². The third-order valence-corrected chi connectivity index (χ3v) is 2.66. The number of aromatic carboxylic acids is 1. The number of aliphatic hydroxyl groups excluding tert-OH is 1. The van der Waals surface area contributed by atoms with Gasteiger partial charge in [0.2, 0.25) is 12.3 Å². The van der Waals surface area contributed by atoms with Crippen molar-refractivity contribution in [2.24, 2.45) is 11.5 Å². The number of benzene rings is 1. The van der Waals surface area contributed by atoms with Crippen LogP contribution in [0.5, 0.6) is 0 Å². The van der Waals surface area contributed by atoms with Gasteiger partial charge in [0, 0.05) is 28.7 Å². The Balaban J connectivity index is -0.0000000155. The van der Waals surface area contributed by atoms with Gasteiger partial charge in [-0.15, -0.1) is 0 Å². The molecule has 2 amide bonds. The highest BCUT2D eigenvalue weighted by atomic mass is 32.1. The molecule has 49 heavy (non-hydrogen) atoms. The van der Waals surface area contributed by atoms with Gasteiger partial charge >= 0.3 is 5.97 Å². The number of amides is 2. The van der Waals surface area contributed by atoms with E-state index < -0.39 is 11.9 Å². The number of imidazole rings is 1. The molecule has 15 nitrogen and oxygen atoms in total. The van der Waals surface area contributed by atoms with E-state index in [-0.39, 0.29) is 130 Å². The van der Waals surface area contributed by atoms with Crippen molar-refractivity contribution < 1.29 is 46.9 Å². The van der Waals surface area contributed by atoms with Crippen LogP contribution >= 0.6 is 13.5 Å². The monoisotopic (exact) mass is 743 g/mol. The summed E-state index contributed by atoms with van der Waals surface area (Å²) in [5, 5.41) is 28.0. The first kappa shape index (κ1) is 104. The molecule has 308 valence electrons. The molecule has 0 aliphatic rings. The number of aldehydes is 2. The van der Waals surface area contributed by atoms with Crippen LogP contribution in [0, 0.1) is 0 Å². The van der Waals surface area contributed by atoms with E-state index >= 15 is 0 Å².